The van der Waals surface area contributed by atoms with E-state index in [1.54, 1.807) is 13.2 Å². The Bertz CT molecular complexity index is 398. The van der Waals surface area contributed by atoms with Gasteiger partial charge in [-0.05, 0) is 43.8 Å². The summed E-state index contributed by atoms with van der Waals surface area (Å²) in [4.78, 5) is 0. The van der Waals surface area contributed by atoms with Crippen LogP contribution in [0.3, 0.4) is 0 Å². The third-order valence-corrected chi connectivity index (χ3v) is 2.39. The van der Waals surface area contributed by atoms with E-state index >= 15 is 0 Å². The number of aryl methyl sites for hydroxylation is 1. The lowest BCUT2D eigenvalue weighted by atomic mass is 10.2. The van der Waals surface area contributed by atoms with Gasteiger partial charge in [0, 0.05) is 13.2 Å². The lowest BCUT2D eigenvalue weighted by Gasteiger charge is -2.16. The monoisotopic (exact) mass is 256 g/mol. The largest absolute Gasteiger partial charge is 0.383 e. The molecule has 0 saturated carbocycles. The van der Waals surface area contributed by atoms with Crippen LogP contribution in [0.4, 0.5) is 10.1 Å². The van der Waals surface area contributed by atoms with E-state index in [4.69, 9.17) is 17.0 Å². The molecule has 0 amide bonds. The quantitative estimate of drug-likeness (QED) is 0.811. The molecule has 1 aromatic rings. The van der Waals surface area contributed by atoms with Crippen molar-refractivity contribution in [3.05, 3.63) is 29.6 Å². The van der Waals surface area contributed by atoms with E-state index in [0.717, 1.165) is 5.56 Å². The molecule has 0 aliphatic rings. The number of anilines is 1. The smallest absolute Gasteiger partial charge is 0.171 e. The summed E-state index contributed by atoms with van der Waals surface area (Å²) in [6.45, 7) is 4.31. The zero-order valence-electron chi connectivity index (χ0n) is 10.2. The van der Waals surface area contributed by atoms with Crippen molar-refractivity contribution in [3.8, 4) is 0 Å². The highest BCUT2D eigenvalue weighted by molar-refractivity contribution is 7.80. The van der Waals surface area contributed by atoms with Gasteiger partial charge in [0.15, 0.2) is 5.11 Å². The normalized spacial score (nSPS) is 12.0. The third-order valence-electron chi connectivity index (χ3n) is 2.17. The zero-order chi connectivity index (χ0) is 12.8. The number of thiocarbonyl (C=S) groups is 1. The van der Waals surface area contributed by atoms with Gasteiger partial charge in [-0.25, -0.2) is 4.39 Å². The number of benzene rings is 1. The van der Waals surface area contributed by atoms with Crippen LogP contribution in [0.15, 0.2) is 18.2 Å². The van der Waals surface area contributed by atoms with E-state index in [0.29, 0.717) is 17.4 Å². The van der Waals surface area contributed by atoms with Gasteiger partial charge < -0.3 is 15.4 Å². The molecule has 1 unspecified atom stereocenters. The Labute approximate surface area is 106 Å². The Morgan fingerprint density at radius 3 is 2.82 bits per heavy atom. The molecule has 0 saturated heterocycles. The van der Waals surface area contributed by atoms with E-state index in [9.17, 15) is 4.39 Å². The Hall–Kier alpha value is -1.20. The number of nitrogens with one attached hydrogen (secondary N) is 2. The highest BCUT2D eigenvalue weighted by Gasteiger charge is 2.06. The number of ether oxygens (including phenoxy) is 1. The minimum absolute atomic E-state index is 0.0773. The van der Waals surface area contributed by atoms with E-state index < -0.39 is 0 Å². The maximum atomic E-state index is 13.5. The van der Waals surface area contributed by atoms with Crippen molar-refractivity contribution < 1.29 is 9.13 Å². The summed E-state index contributed by atoms with van der Waals surface area (Å²) < 4.78 is 18.5. The molecule has 3 nitrogen and oxygen atoms in total. The van der Waals surface area contributed by atoms with Crippen LogP contribution in [0.1, 0.15) is 12.5 Å². The van der Waals surface area contributed by atoms with Gasteiger partial charge in [0.05, 0.1) is 12.3 Å². The average Bonchev–Trinajstić information content (AvgIpc) is 2.22. The number of hydrogen-bond donors (Lipinski definition) is 2. The molecule has 0 fully saturated rings. The van der Waals surface area contributed by atoms with Gasteiger partial charge in [0.25, 0.3) is 0 Å². The summed E-state index contributed by atoms with van der Waals surface area (Å²) in [5.41, 5.74) is 1.25. The van der Waals surface area contributed by atoms with E-state index in [-0.39, 0.29) is 11.9 Å². The molecule has 0 bridgehead atoms. The topological polar surface area (TPSA) is 33.3 Å². The first-order valence-electron chi connectivity index (χ1n) is 5.35. The van der Waals surface area contributed by atoms with Crippen LogP contribution in [-0.2, 0) is 4.74 Å². The van der Waals surface area contributed by atoms with Gasteiger partial charge >= 0.3 is 0 Å². The molecule has 2 N–H and O–H groups in total. The SMILES string of the molecule is COCC(C)NC(=S)Nc1ccc(C)cc1F. The summed E-state index contributed by atoms with van der Waals surface area (Å²) in [5, 5.41) is 6.20. The van der Waals surface area contributed by atoms with E-state index in [2.05, 4.69) is 10.6 Å². The lowest BCUT2D eigenvalue weighted by Crippen LogP contribution is -2.38. The fourth-order valence-corrected chi connectivity index (χ4v) is 1.71. The molecule has 1 atom stereocenters. The first-order chi connectivity index (χ1) is 8.02. The number of rotatable bonds is 4. The average molecular weight is 256 g/mol. The minimum Gasteiger partial charge on any atom is -0.383 e. The molecular formula is C12H17FN2OS. The molecule has 0 aliphatic carbocycles. The van der Waals surface area contributed by atoms with Crippen LogP contribution in [0.2, 0.25) is 0 Å². The van der Waals surface area contributed by atoms with Crippen molar-refractivity contribution >= 4 is 23.0 Å². The van der Waals surface area contributed by atoms with Crippen LogP contribution in [0, 0.1) is 12.7 Å². The molecule has 94 valence electrons. The van der Waals surface area contributed by atoms with Gasteiger partial charge in [0.2, 0.25) is 0 Å². The second-order valence-electron chi connectivity index (χ2n) is 3.94. The van der Waals surface area contributed by atoms with Gasteiger partial charge in [-0.15, -0.1) is 0 Å². The molecule has 17 heavy (non-hydrogen) atoms. The molecule has 0 heterocycles. The Morgan fingerprint density at radius 2 is 2.24 bits per heavy atom. The molecule has 5 heteroatoms. The van der Waals surface area contributed by atoms with Crippen molar-refractivity contribution in [2.75, 3.05) is 19.0 Å². The summed E-state index contributed by atoms with van der Waals surface area (Å²) >= 11 is 5.07. The Balaban J connectivity index is 2.56. The number of hydrogen-bond acceptors (Lipinski definition) is 2. The van der Waals surface area contributed by atoms with Crippen LogP contribution >= 0.6 is 12.2 Å². The molecule has 0 spiro atoms. The maximum absolute atomic E-state index is 13.5. The summed E-state index contributed by atoms with van der Waals surface area (Å²) in [6.07, 6.45) is 0. The van der Waals surface area contributed by atoms with Crippen LogP contribution in [-0.4, -0.2) is 24.9 Å². The molecule has 1 rings (SSSR count). The molecule has 0 aromatic heterocycles. The fraction of sp³-hybridized carbons (Fsp3) is 0.417. The minimum atomic E-state index is -0.312. The summed E-state index contributed by atoms with van der Waals surface area (Å²) in [7, 11) is 1.62. The summed E-state index contributed by atoms with van der Waals surface area (Å²) in [5.74, 6) is -0.312. The summed E-state index contributed by atoms with van der Waals surface area (Å²) in [6, 6.07) is 5.03. The highest BCUT2D eigenvalue weighted by Crippen LogP contribution is 2.14. The van der Waals surface area contributed by atoms with Crippen molar-refractivity contribution in [1.29, 1.82) is 0 Å². The molecule has 0 radical (unpaired) electrons. The Morgan fingerprint density at radius 1 is 1.53 bits per heavy atom. The highest BCUT2D eigenvalue weighted by atomic mass is 32.1. The van der Waals surface area contributed by atoms with Crippen molar-refractivity contribution in [3.63, 3.8) is 0 Å². The third kappa shape index (κ3) is 4.66. The van der Waals surface area contributed by atoms with Crippen LogP contribution in [0.5, 0.6) is 0 Å². The zero-order valence-corrected chi connectivity index (χ0v) is 11.0. The predicted octanol–water partition coefficient (Wildman–Crippen LogP) is 2.46. The number of halogens is 1. The second-order valence-corrected chi connectivity index (χ2v) is 4.35. The molecular weight excluding hydrogens is 239 g/mol. The van der Waals surface area contributed by atoms with Gasteiger partial charge in [-0.3, -0.25) is 0 Å². The number of methoxy groups -OCH3 is 1. The maximum Gasteiger partial charge on any atom is 0.171 e. The van der Waals surface area contributed by atoms with Crippen molar-refractivity contribution in [1.82, 2.24) is 5.32 Å². The van der Waals surface area contributed by atoms with E-state index in [1.807, 2.05) is 19.9 Å². The fourth-order valence-electron chi connectivity index (χ4n) is 1.40. The van der Waals surface area contributed by atoms with Gasteiger partial charge in [-0.2, -0.15) is 0 Å². The van der Waals surface area contributed by atoms with E-state index in [1.165, 1.54) is 6.07 Å². The van der Waals surface area contributed by atoms with Crippen LogP contribution in [0.25, 0.3) is 0 Å². The van der Waals surface area contributed by atoms with Gasteiger partial charge in [0.1, 0.15) is 5.82 Å². The predicted molar refractivity (Wildman–Crippen MR) is 71.8 cm³/mol. The first kappa shape index (κ1) is 13.9. The first-order valence-corrected chi connectivity index (χ1v) is 5.76. The molecule has 1 aromatic carbocycles. The van der Waals surface area contributed by atoms with Crippen molar-refractivity contribution in [2.45, 2.75) is 19.9 Å². The van der Waals surface area contributed by atoms with Crippen LogP contribution < -0.4 is 10.6 Å². The second kappa shape index (κ2) is 6.51. The van der Waals surface area contributed by atoms with Crippen molar-refractivity contribution in [2.24, 2.45) is 0 Å². The lowest BCUT2D eigenvalue weighted by molar-refractivity contribution is 0.179. The molecule has 0 aliphatic heterocycles. The van der Waals surface area contributed by atoms with Gasteiger partial charge in [-0.1, -0.05) is 6.07 Å². The Kier molecular flexibility index (Phi) is 5.31. The standard InChI is InChI=1S/C12H17FN2OS/c1-8-4-5-11(10(13)6-8)15-12(17)14-9(2)7-16-3/h4-6,9H,7H2,1-3H3,(H2,14,15,17).